The van der Waals surface area contributed by atoms with Crippen LogP contribution in [0.5, 0.6) is 0 Å². The van der Waals surface area contributed by atoms with Crippen molar-refractivity contribution in [3.8, 4) is 0 Å². The van der Waals surface area contributed by atoms with Crippen LogP contribution in [-0.4, -0.2) is 19.6 Å². The van der Waals surface area contributed by atoms with Crippen LogP contribution in [0.15, 0.2) is 50.7 Å². The molecule has 0 unspecified atom stereocenters. The van der Waals surface area contributed by atoms with Crippen LogP contribution >= 0.6 is 27.7 Å². The first-order valence-electron chi connectivity index (χ1n) is 7.08. The van der Waals surface area contributed by atoms with E-state index in [0.717, 1.165) is 15.7 Å². The highest BCUT2D eigenvalue weighted by atomic mass is 79.9. The molecule has 3 nitrogen and oxygen atoms in total. The van der Waals surface area contributed by atoms with E-state index in [1.165, 1.54) is 15.5 Å². The molecule has 3 rings (SSSR count). The number of carbonyl (C=O) groups is 1. The van der Waals surface area contributed by atoms with Crippen LogP contribution < -0.4 is 4.90 Å². The highest BCUT2D eigenvalue weighted by Gasteiger charge is 2.21. The van der Waals surface area contributed by atoms with Crippen LogP contribution in [0.3, 0.4) is 0 Å². The van der Waals surface area contributed by atoms with Gasteiger partial charge in [-0.1, -0.05) is 33.8 Å². The van der Waals surface area contributed by atoms with E-state index < -0.39 is 0 Å². The quantitative estimate of drug-likeness (QED) is 0.719. The molecule has 5 heteroatoms. The number of carbonyl (C=O) groups excluding carboxylic acids is 1. The molecule has 2 aromatic carbocycles. The Balaban J connectivity index is 1.91. The van der Waals surface area contributed by atoms with Crippen molar-refractivity contribution in [2.24, 2.45) is 0 Å². The molecule has 0 fully saturated rings. The van der Waals surface area contributed by atoms with Gasteiger partial charge in [0.2, 0.25) is 0 Å². The lowest BCUT2D eigenvalue weighted by Crippen LogP contribution is -2.15. The average Bonchev–Trinajstić information content (AvgIpc) is 2.48. The molecule has 0 aromatic heterocycles. The molecule has 0 saturated heterocycles. The van der Waals surface area contributed by atoms with Crippen molar-refractivity contribution in [1.29, 1.82) is 0 Å². The smallest absolute Gasteiger partial charge is 0.310 e. The molecule has 0 N–H and O–H groups in total. The zero-order chi connectivity index (χ0) is 15.7. The van der Waals surface area contributed by atoms with E-state index in [0.29, 0.717) is 13.0 Å². The second-order valence-electron chi connectivity index (χ2n) is 5.06. The Morgan fingerprint density at radius 2 is 2.00 bits per heavy atom. The molecular formula is C17H16BrNO2S. The van der Waals surface area contributed by atoms with E-state index >= 15 is 0 Å². The number of esters is 1. The van der Waals surface area contributed by atoms with Crippen LogP contribution in [0, 0.1) is 0 Å². The Labute approximate surface area is 142 Å². The van der Waals surface area contributed by atoms with Gasteiger partial charge in [0.05, 0.1) is 24.4 Å². The molecule has 1 aliphatic rings. The Hall–Kier alpha value is -1.46. The fourth-order valence-corrected chi connectivity index (χ4v) is 4.18. The maximum Gasteiger partial charge on any atom is 0.310 e. The molecule has 0 aliphatic carbocycles. The lowest BCUT2D eigenvalue weighted by atomic mass is 10.1. The maximum absolute atomic E-state index is 11.7. The first-order chi connectivity index (χ1) is 10.6. The number of hydrogen-bond acceptors (Lipinski definition) is 4. The third-order valence-electron chi connectivity index (χ3n) is 3.54. The van der Waals surface area contributed by atoms with Crippen molar-refractivity contribution in [3.63, 3.8) is 0 Å². The fourth-order valence-electron chi connectivity index (χ4n) is 2.50. The Morgan fingerprint density at radius 1 is 1.18 bits per heavy atom. The summed E-state index contributed by atoms with van der Waals surface area (Å²) in [6, 6.07) is 12.4. The topological polar surface area (TPSA) is 29.5 Å². The number of ether oxygens (including phenoxy) is 1. The minimum absolute atomic E-state index is 0.183. The summed E-state index contributed by atoms with van der Waals surface area (Å²) in [4.78, 5) is 16.2. The third kappa shape index (κ3) is 3.01. The normalized spacial score (nSPS) is 12.6. The molecule has 114 valence electrons. The van der Waals surface area contributed by atoms with E-state index in [2.05, 4.69) is 52.1 Å². The second kappa shape index (κ2) is 6.34. The SMILES string of the molecule is CCOC(=O)Cc1ccc2c(c1)N(C)c1ccc(Br)cc1S2. The first-order valence-corrected chi connectivity index (χ1v) is 8.69. The predicted molar refractivity (Wildman–Crippen MR) is 93.1 cm³/mol. The van der Waals surface area contributed by atoms with Crippen molar-refractivity contribution >= 4 is 45.0 Å². The van der Waals surface area contributed by atoms with Crippen LogP contribution in [0.1, 0.15) is 12.5 Å². The van der Waals surface area contributed by atoms with E-state index in [9.17, 15) is 4.79 Å². The summed E-state index contributed by atoms with van der Waals surface area (Å²) < 4.78 is 6.10. The zero-order valence-corrected chi connectivity index (χ0v) is 14.8. The van der Waals surface area contributed by atoms with Gasteiger partial charge >= 0.3 is 5.97 Å². The highest BCUT2D eigenvalue weighted by molar-refractivity contribution is 9.10. The standard InChI is InChI=1S/C17H16BrNO2S/c1-3-21-17(20)9-11-4-7-15-14(8-11)19(2)13-6-5-12(18)10-16(13)22-15/h4-8,10H,3,9H2,1-2H3. The van der Waals surface area contributed by atoms with Crippen LogP contribution in [-0.2, 0) is 16.0 Å². The lowest BCUT2D eigenvalue weighted by molar-refractivity contribution is -0.142. The average molecular weight is 378 g/mol. The number of halogens is 1. The number of anilines is 2. The van der Waals surface area contributed by atoms with E-state index in [-0.39, 0.29) is 5.97 Å². The summed E-state index contributed by atoms with van der Waals surface area (Å²) in [5.41, 5.74) is 3.28. The summed E-state index contributed by atoms with van der Waals surface area (Å²) in [5, 5.41) is 0. The van der Waals surface area contributed by atoms with E-state index in [1.54, 1.807) is 11.8 Å². The van der Waals surface area contributed by atoms with Gasteiger partial charge in [-0.15, -0.1) is 0 Å². The molecule has 1 aliphatic heterocycles. The molecule has 0 spiro atoms. The van der Waals surface area contributed by atoms with Gasteiger partial charge in [-0.05, 0) is 42.8 Å². The molecule has 0 atom stereocenters. The molecule has 0 amide bonds. The first kappa shape index (κ1) is 15.4. The van der Waals surface area contributed by atoms with Crippen molar-refractivity contribution < 1.29 is 9.53 Å². The van der Waals surface area contributed by atoms with Crippen LogP contribution in [0.2, 0.25) is 0 Å². The van der Waals surface area contributed by atoms with Crippen molar-refractivity contribution in [1.82, 2.24) is 0 Å². The van der Waals surface area contributed by atoms with Gasteiger partial charge in [0.1, 0.15) is 0 Å². The Morgan fingerprint density at radius 3 is 2.77 bits per heavy atom. The number of rotatable bonds is 3. The summed E-state index contributed by atoms with van der Waals surface area (Å²) >= 11 is 5.27. The Kier molecular flexibility index (Phi) is 4.45. The van der Waals surface area contributed by atoms with Crippen LogP contribution in [0.4, 0.5) is 11.4 Å². The summed E-state index contributed by atoms with van der Waals surface area (Å²) in [5.74, 6) is -0.183. The number of fused-ring (bicyclic) bond motifs is 2. The van der Waals surface area contributed by atoms with Gasteiger partial charge in [-0.2, -0.15) is 0 Å². The number of benzene rings is 2. The summed E-state index contributed by atoms with van der Waals surface area (Å²) in [6.07, 6.45) is 0.312. The van der Waals surface area contributed by atoms with Gasteiger partial charge < -0.3 is 9.64 Å². The van der Waals surface area contributed by atoms with E-state index in [1.807, 2.05) is 19.1 Å². The second-order valence-corrected chi connectivity index (χ2v) is 7.06. The van der Waals surface area contributed by atoms with Gasteiger partial charge in [-0.3, -0.25) is 4.79 Å². The van der Waals surface area contributed by atoms with Crippen molar-refractivity contribution in [3.05, 3.63) is 46.4 Å². The van der Waals surface area contributed by atoms with Crippen LogP contribution in [0.25, 0.3) is 0 Å². The van der Waals surface area contributed by atoms with Crippen molar-refractivity contribution in [2.45, 2.75) is 23.1 Å². The van der Waals surface area contributed by atoms with Crippen molar-refractivity contribution in [2.75, 3.05) is 18.6 Å². The van der Waals surface area contributed by atoms with E-state index in [4.69, 9.17) is 4.74 Å². The zero-order valence-electron chi connectivity index (χ0n) is 12.4. The van der Waals surface area contributed by atoms with Gasteiger partial charge in [-0.25, -0.2) is 0 Å². The third-order valence-corrected chi connectivity index (χ3v) is 5.15. The molecular weight excluding hydrogens is 362 g/mol. The molecule has 22 heavy (non-hydrogen) atoms. The summed E-state index contributed by atoms with van der Waals surface area (Å²) in [6.45, 7) is 2.24. The minimum Gasteiger partial charge on any atom is -0.466 e. The lowest BCUT2D eigenvalue weighted by Gasteiger charge is -2.30. The fraction of sp³-hybridized carbons (Fsp3) is 0.235. The van der Waals surface area contributed by atoms with Gasteiger partial charge in [0, 0.05) is 21.3 Å². The predicted octanol–water partition coefficient (Wildman–Crippen LogP) is 4.79. The Bertz CT molecular complexity index is 733. The molecule has 1 heterocycles. The van der Waals surface area contributed by atoms with Gasteiger partial charge in [0.25, 0.3) is 0 Å². The molecule has 2 aromatic rings. The number of nitrogens with zero attached hydrogens (tertiary/aromatic N) is 1. The highest BCUT2D eigenvalue weighted by Crippen LogP contribution is 2.48. The number of hydrogen-bond donors (Lipinski definition) is 0. The molecule has 0 saturated carbocycles. The largest absolute Gasteiger partial charge is 0.466 e. The molecule has 0 bridgehead atoms. The summed E-state index contributed by atoms with van der Waals surface area (Å²) in [7, 11) is 2.05. The van der Waals surface area contributed by atoms with Gasteiger partial charge in [0.15, 0.2) is 0 Å². The monoisotopic (exact) mass is 377 g/mol. The minimum atomic E-state index is -0.183. The maximum atomic E-state index is 11.7. The molecule has 0 radical (unpaired) electrons.